The quantitative estimate of drug-likeness (QED) is 0.230. The molecule has 12 aliphatic carbocycles. The molecule has 0 aromatic heterocycles. The van der Waals surface area contributed by atoms with Gasteiger partial charge in [0.15, 0.2) is 0 Å². The van der Waals surface area contributed by atoms with E-state index in [1.807, 2.05) is 0 Å². The first-order chi connectivity index (χ1) is 29.7. The van der Waals surface area contributed by atoms with Gasteiger partial charge in [-0.2, -0.15) is 0 Å². The van der Waals surface area contributed by atoms with E-state index in [1.165, 1.54) is 180 Å². The van der Waals surface area contributed by atoms with Gasteiger partial charge in [0.05, 0.1) is 0 Å². The minimum absolute atomic E-state index is 0.490. The molecule has 0 saturated heterocycles. The van der Waals surface area contributed by atoms with Crippen LogP contribution in [0.15, 0.2) is 36.5 Å². The highest BCUT2D eigenvalue weighted by atomic mass is 14.7. The average Bonchev–Trinajstić information content (AvgIpc) is 3.60. The standard InChI is InChI=1S/C22H36.2C21H34/c1-6-21-12-9-18-20(5)11-7-10-19(3,4)17(20)8-13-22(18,15-21)14-16(21)2;2*1-15-13-21-12-8-16-18(2,3)9-6-10-20(16,5)17(21)7-11-19(15,4)14-21/h17-18H,2,6-15H2,1,3-5H3;2*16-17H,1,6-14H2,2-5H3/t17?,18?,20-,21-,22-;2*16?,17?,19-,20-,21-/m111/s1. The highest BCUT2D eigenvalue weighted by Gasteiger charge is 2.68. The van der Waals surface area contributed by atoms with Crippen molar-refractivity contribution in [2.75, 3.05) is 0 Å². The van der Waals surface area contributed by atoms with Crippen molar-refractivity contribution in [2.24, 2.45) is 100 Å². The summed E-state index contributed by atoms with van der Waals surface area (Å²) in [6.07, 6.45) is 40.8. The zero-order valence-corrected chi connectivity index (χ0v) is 44.9. The number of fused-ring (bicyclic) bond motifs is 9. The lowest BCUT2D eigenvalue weighted by molar-refractivity contribution is -0.151. The summed E-state index contributed by atoms with van der Waals surface area (Å²) in [5.41, 5.74) is 11.8. The molecule has 0 heteroatoms. The fourth-order valence-corrected chi connectivity index (χ4v) is 24.4. The van der Waals surface area contributed by atoms with Crippen molar-refractivity contribution >= 4 is 0 Å². The van der Waals surface area contributed by atoms with Crippen molar-refractivity contribution in [1.82, 2.24) is 0 Å². The summed E-state index contributed by atoms with van der Waals surface area (Å²) in [5.74, 6) is 5.84. The van der Waals surface area contributed by atoms with Gasteiger partial charge in [-0.15, -0.1) is 0 Å². The molecule has 0 amide bonds. The summed E-state index contributed by atoms with van der Waals surface area (Å²) in [6, 6.07) is 0. The molecule has 6 unspecified atom stereocenters. The fraction of sp³-hybridized carbons (Fsp3) is 0.906. The van der Waals surface area contributed by atoms with E-state index in [1.54, 1.807) is 16.7 Å². The molecule has 0 nitrogen and oxygen atoms in total. The Balaban J connectivity index is 0.000000114. The smallest absolute Gasteiger partial charge is 0.00876 e. The lowest BCUT2D eigenvalue weighted by atomic mass is 9.40. The summed E-state index contributed by atoms with van der Waals surface area (Å²) in [7, 11) is 0. The number of allylic oxidation sites excluding steroid dienone is 3. The first-order valence-electron chi connectivity index (χ1n) is 28.8. The monoisotopic (exact) mass is 873 g/mol. The Hall–Kier alpha value is -0.780. The van der Waals surface area contributed by atoms with E-state index < -0.39 is 0 Å². The van der Waals surface area contributed by atoms with Crippen LogP contribution in [-0.4, -0.2) is 0 Å². The molecule has 12 fully saturated rings. The van der Waals surface area contributed by atoms with Crippen LogP contribution in [0.1, 0.15) is 263 Å². The summed E-state index contributed by atoms with van der Waals surface area (Å²) < 4.78 is 0. The Labute approximate surface area is 398 Å². The minimum atomic E-state index is 0.490. The molecule has 6 bridgehead atoms. The largest absolute Gasteiger partial charge is 0.0993 e. The predicted molar refractivity (Wildman–Crippen MR) is 275 cm³/mol. The molecule has 0 N–H and O–H groups in total. The Morgan fingerprint density at radius 1 is 0.359 bits per heavy atom. The molecule has 0 aromatic carbocycles. The van der Waals surface area contributed by atoms with Gasteiger partial charge in [-0.05, 0) is 261 Å². The van der Waals surface area contributed by atoms with Crippen LogP contribution >= 0.6 is 0 Å². The second kappa shape index (κ2) is 14.6. The third-order valence-electron chi connectivity index (χ3n) is 27.1. The topological polar surface area (TPSA) is 0 Å². The van der Waals surface area contributed by atoms with E-state index in [4.69, 9.17) is 0 Å². The van der Waals surface area contributed by atoms with Gasteiger partial charge in [-0.3, -0.25) is 0 Å². The minimum Gasteiger partial charge on any atom is -0.0993 e. The molecule has 0 radical (unpaired) electrons. The third kappa shape index (κ3) is 6.47. The fourth-order valence-electron chi connectivity index (χ4n) is 24.4. The molecular formula is C64H104. The Morgan fingerprint density at radius 3 is 1.03 bits per heavy atom. The highest BCUT2D eigenvalue weighted by Crippen LogP contribution is 2.78. The van der Waals surface area contributed by atoms with Gasteiger partial charge in [0.1, 0.15) is 0 Å². The van der Waals surface area contributed by atoms with Crippen molar-refractivity contribution in [3.63, 3.8) is 0 Å². The second-order valence-corrected chi connectivity index (χ2v) is 31.3. The molecule has 12 rings (SSSR count). The molecule has 360 valence electrons. The van der Waals surface area contributed by atoms with Crippen LogP contribution in [0.5, 0.6) is 0 Å². The van der Waals surface area contributed by atoms with E-state index in [2.05, 4.69) is 103 Å². The highest BCUT2D eigenvalue weighted by molar-refractivity contribution is 5.30. The van der Waals surface area contributed by atoms with Crippen LogP contribution in [0.4, 0.5) is 0 Å². The van der Waals surface area contributed by atoms with E-state index >= 15 is 0 Å². The van der Waals surface area contributed by atoms with E-state index in [0.29, 0.717) is 65.0 Å². The van der Waals surface area contributed by atoms with Gasteiger partial charge in [0.25, 0.3) is 0 Å². The van der Waals surface area contributed by atoms with Gasteiger partial charge in [0.2, 0.25) is 0 Å². The van der Waals surface area contributed by atoms with Crippen LogP contribution in [0.25, 0.3) is 0 Å². The van der Waals surface area contributed by atoms with Crippen LogP contribution in [0.2, 0.25) is 0 Å². The second-order valence-electron chi connectivity index (χ2n) is 31.3. The molecule has 12 aliphatic rings. The first-order valence-corrected chi connectivity index (χ1v) is 28.8. The van der Waals surface area contributed by atoms with Crippen molar-refractivity contribution in [3.8, 4) is 0 Å². The Bertz CT molecular complexity index is 1810. The maximum atomic E-state index is 4.58. The first kappa shape index (κ1) is 46.9. The Morgan fingerprint density at radius 2 is 0.672 bits per heavy atom. The average molecular weight is 874 g/mol. The van der Waals surface area contributed by atoms with Crippen molar-refractivity contribution in [3.05, 3.63) is 36.5 Å². The van der Waals surface area contributed by atoms with Crippen molar-refractivity contribution < 1.29 is 0 Å². The molecule has 12 saturated carbocycles. The molecule has 64 heavy (non-hydrogen) atoms. The molecule has 0 aliphatic heterocycles. The van der Waals surface area contributed by atoms with Gasteiger partial charge < -0.3 is 0 Å². The summed E-state index contributed by atoms with van der Waals surface area (Å²) in [6.45, 7) is 44.5. The number of rotatable bonds is 1. The van der Waals surface area contributed by atoms with Crippen molar-refractivity contribution in [2.45, 2.75) is 263 Å². The molecule has 0 heterocycles. The lowest BCUT2D eigenvalue weighted by Gasteiger charge is -2.64. The summed E-state index contributed by atoms with van der Waals surface area (Å²) >= 11 is 0. The zero-order valence-electron chi connectivity index (χ0n) is 44.9. The molecule has 0 aromatic rings. The van der Waals surface area contributed by atoms with Crippen molar-refractivity contribution in [1.29, 1.82) is 0 Å². The lowest BCUT2D eigenvalue weighted by Crippen LogP contribution is -2.56. The summed E-state index contributed by atoms with van der Waals surface area (Å²) in [4.78, 5) is 0. The Kier molecular flexibility index (Phi) is 10.7. The predicted octanol–water partition coefficient (Wildman–Crippen LogP) is 19.5. The molecular weight excluding hydrogens is 769 g/mol. The van der Waals surface area contributed by atoms with E-state index in [9.17, 15) is 0 Å². The summed E-state index contributed by atoms with van der Waals surface area (Å²) in [5, 5.41) is 0. The van der Waals surface area contributed by atoms with Gasteiger partial charge >= 0.3 is 0 Å². The van der Waals surface area contributed by atoms with Gasteiger partial charge in [0, 0.05) is 0 Å². The molecule has 3 spiro atoms. The normalized spacial score (nSPS) is 54.3. The van der Waals surface area contributed by atoms with E-state index in [-0.39, 0.29) is 0 Å². The van der Waals surface area contributed by atoms with Gasteiger partial charge in [-0.25, -0.2) is 0 Å². The molecule has 15 atom stereocenters. The van der Waals surface area contributed by atoms with Gasteiger partial charge in [-0.1, -0.05) is 139 Å². The SMILES string of the molecule is C=C1C[C@@]23CCC4C(C)(C)CCC[C@@]4(C)C2CC[C@]1(C)C3.C=C1C[C@@]23CCC4C(C)(C)CCC[C@@]4(C)C2CC[C@]1(C)C3.C=C1C[C@@]23CCC4C(C)(C)CCC[C@@]4(C)C2CC[C@]1(CC)C3. The van der Waals surface area contributed by atoms with Crippen LogP contribution in [0, 0.1) is 100 Å². The third-order valence-corrected chi connectivity index (χ3v) is 27.1. The van der Waals surface area contributed by atoms with Crippen LogP contribution in [-0.2, 0) is 0 Å². The van der Waals surface area contributed by atoms with Crippen LogP contribution < -0.4 is 0 Å². The maximum absolute atomic E-state index is 4.58. The van der Waals surface area contributed by atoms with Crippen LogP contribution in [0.3, 0.4) is 0 Å². The van der Waals surface area contributed by atoms with E-state index in [0.717, 1.165) is 35.5 Å². The number of hydrogen-bond acceptors (Lipinski definition) is 0. The maximum Gasteiger partial charge on any atom is -0.00876 e. The zero-order chi connectivity index (χ0) is 46.0. The number of hydrogen-bond donors (Lipinski definition) is 0.